The van der Waals surface area contributed by atoms with Crippen LogP contribution in [0.25, 0.3) is 21.8 Å². The molecular weight excluding hydrogens is 427 g/mol. The molecule has 0 aliphatic rings. The fourth-order valence-corrected chi connectivity index (χ4v) is 4.29. The number of fused-ring (bicyclic) bond motifs is 3. The Balaban J connectivity index is 1.22. The van der Waals surface area contributed by atoms with E-state index in [2.05, 4.69) is 44.3 Å². The molecule has 1 amide bonds. The smallest absolute Gasteiger partial charge is 0.277 e. The molecule has 8 heteroatoms. The molecular formula is C24H19FN4O2S. The van der Waals surface area contributed by atoms with Crippen LogP contribution >= 0.6 is 11.8 Å². The summed E-state index contributed by atoms with van der Waals surface area (Å²) in [5.41, 5.74) is 2.87. The number of carbonyl (C=O) groups is 1. The molecule has 0 atom stereocenters. The van der Waals surface area contributed by atoms with E-state index in [1.54, 1.807) is 0 Å². The van der Waals surface area contributed by atoms with Crippen molar-refractivity contribution in [2.24, 2.45) is 0 Å². The second kappa shape index (κ2) is 8.84. The predicted molar refractivity (Wildman–Crippen MR) is 123 cm³/mol. The first kappa shape index (κ1) is 20.3. The first-order chi connectivity index (χ1) is 15.7. The van der Waals surface area contributed by atoms with E-state index in [1.807, 2.05) is 24.3 Å². The third-order valence-electron chi connectivity index (χ3n) is 5.13. The number of benzene rings is 3. The van der Waals surface area contributed by atoms with Crippen LogP contribution in [-0.2, 0) is 17.8 Å². The van der Waals surface area contributed by atoms with E-state index in [0.717, 1.165) is 0 Å². The lowest BCUT2D eigenvalue weighted by Crippen LogP contribution is -2.13. The van der Waals surface area contributed by atoms with Crippen LogP contribution in [0.4, 0.5) is 10.1 Å². The highest BCUT2D eigenvalue weighted by Gasteiger charge is 2.13. The number of rotatable bonds is 7. The maximum Gasteiger partial charge on any atom is 0.277 e. The van der Waals surface area contributed by atoms with Crippen LogP contribution in [0.3, 0.4) is 0 Å². The van der Waals surface area contributed by atoms with E-state index in [4.69, 9.17) is 4.42 Å². The first-order valence-corrected chi connectivity index (χ1v) is 11.1. The van der Waals surface area contributed by atoms with Crippen LogP contribution in [0, 0.1) is 5.82 Å². The number of nitrogens with zero attached hydrogens (tertiary/aromatic N) is 3. The molecule has 0 aliphatic heterocycles. The molecule has 0 unspecified atom stereocenters. The molecule has 0 spiro atoms. The molecule has 32 heavy (non-hydrogen) atoms. The summed E-state index contributed by atoms with van der Waals surface area (Å²) in [6.45, 7) is 0.700. The van der Waals surface area contributed by atoms with Gasteiger partial charge < -0.3 is 14.3 Å². The predicted octanol–water partition coefficient (Wildman–Crippen LogP) is 5.29. The van der Waals surface area contributed by atoms with Crippen molar-refractivity contribution in [2.75, 3.05) is 11.1 Å². The zero-order valence-electron chi connectivity index (χ0n) is 17.0. The first-order valence-electron chi connectivity index (χ1n) is 10.1. The highest BCUT2D eigenvalue weighted by molar-refractivity contribution is 7.99. The van der Waals surface area contributed by atoms with Gasteiger partial charge in [0.2, 0.25) is 11.8 Å². The van der Waals surface area contributed by atoms with Crippen LogP contribution in [0.5, 0.6) is 0 Å². The Morgan fingerprint density at radius 3 is 2.28 bits per heavy atom. The minimum absolute atomic E-state index is 0.117. The molecule has 3 aromatic carbocycles. The molecule has 0 aliphatic carbocycles. The largest absolute Gasteiger partial charge is 0.416 e. The zero-order chi connectivity index (χ0) is 21.9. The Morgan fingerprint density at radius 1 is 0.938 bits per heavy atom. The minimum atomic E-state index is -0.350. The lowest BCUT2D eigenvalue weighted by atomic mass is 10.2. The van der Waals surface area contributed by atoms with Gasteiger partial charge in [0, 0.05) is 40.5 Å². The maximum absolute atomic E-state index is 13.0. The summed E-state index contributed by atoms with van der Waals surface area (Å²) in [5, 5.41) is 13.6. The lowest BCUT2D eigenvalue weighted by Gasteiger charge is -2.05. The zero-order valence-corrected chi connectivity index (χ0v) is 17.8. The molecule has 5 aromatic rings. The molecule has 6 nitrogen and oxygen atoms in total. The van der Waals surface area contributed by atoms with Crippen molar-refractivity contribution < 1.29 is 13.6 Å². The summed E-state index contributed by atoms with van der Waals surface area (Å²) in [4.78, 5) is 12.1. The number of thioether (sulfide) groups is 1. The number of anilines is 1. The molecule has 160 valence electrons. The fourth-order valence-electron chi connectivity index (χ4n) is 3.71. The van der Waals surface area contributed by atoms with Gasteiger partial charge in [0.1, 0.15) is 5.82 Å². The average molecular weight is 447 g/mol. The minimum Gasteiger partial charge on any atom is -0.416 e. The van der Waals surface area contributed by atoms with Gasteiger partial charge in [0.05, 0.1) is 5.75 Å². The third-order valence-corrected chi connectivity index (χ3v) is 5.95. The van der Waals surface area contributed by atoms with Crippen molar-refractivity contribution >= 4 is 45.2 Å². The number of halogens is 1. The third kappa shape index (κ3) is 4.22. The number of para-hydroxylation sites is 2. The van der Waals surface area contributed by atoms with Crippen molar-refractivity contribution in [3.63, 3.8) is 0 Å². The summed E-state index contributed by atoms with van der Waals surface area (Å²) in [5.74, 6) is 0.0583. The Morgan fingerprint density at radius 2 is 1.59 bits per heavy atom. The topological polar surface area (TPSA) is 73.0 Å². The number of hydrogen-bond donors (Lipinski definition) is 1. The quantitative estimate of drug-likeness (QED) is 0.344. The molecule has 5 rings (SSSR count). The number of amides is 1. The van der Waals surface area contributed by atoms with Gasteiger partial charge in [-0.1, -0.05) is 48.2 Å². The number of aryl methyl sites for hydroxylation is 2. The van der Waals surface area contributed by atoms with Gasteiger partial charge in [-0.15, -0.1) is 10.2 Å². The van der Waals surface area contributed by atoms with Gasteiger partial charge in [-0.25, -0.2) is 4.39 Å². The molecule has 2 aromatic heterocycles. The SMILES string of the molecule is O=C(CSc1nnc(CCn2c3ccccc3c3ccccc32)o1)Nc1ccc(F)cc1. The van der Waals surface area contributed by atoms with Gasteiger partial charge in [-0.3, -0.25) is 4.79 Å². The van der Waals surface area contributed by atoms with Crippen molar-refractivity contribution in [1.29, 1.82) is 0 Å². The summed E-state index contributed by atoms with van der Waals surface area (Å²) in [6.07, 6.45) is 0.581. The van der Waals surface area contributed by atoms with Crippen LogP contribution in [0.15, 0.2) is 82.4 Å². The van der Waals surface area contributed by atoms with E-state index in [1.165, 1.54) is 57.8 Å². The monoisotopic (exact) mass is 446 g/mol. The highest BCUT2D eigenvalue weighted by Crippen LogP contribution is 2.29. The molecule has 1 N–H and O–H groups in total. The van der Waals surface area contributed by atoms with E-state index in [9.17, 15) is 9.18 Å². The van der Waals surface area contributed by atoms with Crippen molar-refractivity contribution in [2.45, 2.75) is 18.2 Å². The number of hydrogen-bond acceptors (Lipinski definition) is 5. The maximum atomic E-state index is 13.0. The highest BCUT2D eigenvalue weighted by atomic mass is 32.2. The van der Waals surface area contributed by atoms with E-state index in [0.29, 0.717) is 29.8 Å². The van der Waals surface area contributed by atoms with E-state index in [-0.39, 0.29) is 17.5 Å². The standard InChI is InChI=1S/C24H19FN4O2S/c25-16-9-11-17(12-10-16)26-22(30)15-32-24-28-27-23(31-24)13-14-29-20-7-3-1-5-18(20)19-6-2-4-8-21(19)29/h1-12H,13-15H2,(H,26,30). The molecule has 0 bridgehead atoms. The van der Waals surface area contributed by atoms with Crippen LogP contribution in [0.1, 0.15) is 5.89 Å². The number of aromatic nitrogens is 3. The van der Waals surface area contributed by atoms with Crippen molar-refractivity contribution in [1.82, 2.24) is 14.8 Å². The van der Waals surface area contributed by atoms with Crippen LogP contribution < -0.4 is 5.32 Å². The summed E-state index contributed by atoms with van der Waals surface area (Å²) in [7, 11) is 0. The molecule has 0 saturated carbocycles. The lowest BCUT2D eigenvalue weighted by molar-refractivity contribution is -0.113. The van der Waals surface area contributed by atoms with Gasteiger partial charge >= 0.3 is 0 Å². The molecule has 2 heterocycles. The van der Waals surface area contributed by atoms with Gasteiger partial charge in [-0.2, -0.15) is 0 Å². The average Bonchev–Trinajstić information content (AvgIpc) is 3.40. The summed E-state index contributed by atoms with van der Waals surface area (Å²) < 4.78 is 20.9. The van der Waals surface area contributed by atoms with Crippen LogP contribution in [0.2, 0.25) is 0 Å². The van der Waals surface area contributed by atoms with E-state index >= 15 is 0 Å². The Kier molecular flexibility index (Phi) is 5.60. The van der Waals surface area contributed by atoms with Crippen molar-refractivity contribution in [3.05, 3.63) is 84.5 Å². The van der Waals surface area contributed by atoms with Crippen LogP contribution in [-0.4, -0.2) is 26.4 Å². The van der Waals surface area contributed by atoms with E-state index < -0.39 is 0 Å². The number of carbonyl (C=O) groups excluding carboxylic acids is 1. The summed E-state index contributed by atoms with van der Waals surface area (Å²) in [6, 6.07) is 22.3. The molecule has 0 fully saturated rings. The Hall–Kier alpha value is -3.65. The van der Waals surface area contributed by atoms with Gasteiger partial charge in [0.25, 0.3) is 5.22 Å². The second-order valence-corrected chi connectivity index (χ2v) is 8.17. The van der Waals surface area contributed by atoms with Crippen molar-refractivity contribution in [3.8, 4) is 0 Å². The van der Waals surface area contributed by atoms with Gasteiger partial charge in [-0.05, 0) is 36.4 Å². The second-order valence-electron chi connectivity index (χ2n) is 7.24. The Labute approximate surface area is 187 Å². The molecule has 0 radical (unpaired) electrons. The Bertz CT molecular complexity index is 1340. The fraction of sp³-hybridized carbons (Fsp3) is 0.125. The normalized spacial score (nSPS) is 11.3. The summed E-state index contributed by atoms with van der Waals surface area (Å²) >= 11 is 1.17. The van der Waals surface area contributed by atoms with Gasteiger partial charge in [0.15, 0.2) is 0 Å². The molecule has 0 saturated heterocycles. The number of nitrogens with one attached hydrogen (secondary N) is 1.